The summed E-state index contributed by atoms with van der Waals surface area (Å²) in [6, 6.07) is 6.06. The number of rotatable bonds is 2. The number of halogens is 1. The van der Waals surface area contributed by atoms with Gasteiger partial charge >= 0.3 is 0 Å². The zero-order valence-corrected chi connectivity index (χ0v) is 14.1. The summed E-state index contributed by atoms with van der Waals surface area (Å²) in [7, 11) is 0. The molecule has 3 rings (SSSR count). The molecule has 2 atom stereocenters. The second-order valence-electron chi connectivity index (χ2n) is 5.36. The Balaban J connectivity index is 1.82. The molecule has 1 aromatic heterocycles. The van der Waals surface area contributed by atoms with Crippen molar-refractivity contribution >= 4 is 48.9 Å². The number of carbonyl (C=O) groups excluding carboxylic acids is 1. The number of thiophene rings is 1. The maximum Gasteiger partial charge on any atom is 0.263 e. The average molecular weight is 369 g/mol. The summed E-state index contributed by atoms with van der Waals surface area (Å²) < 4.78 is 7.49. The van der Waals surface area contributed by atoms with Gasteiger partial charge in [0, 0.05) is 27.2 Å². The SMILES string of the molecule is CC1CC(NC(=O)c2sc3ccc(Br)cc3c2N)CCO1. The molecule has 1 aromatic carbocycles. The zero-order valence-electron chi connectivity index (χ0n) is 11.7. The maximum absolute atomic E-state index is 12.5. The highest BCUT2D eigenvalue weighted by Crippen LogP contribution is 2.35. The lowest BCUT2D eigenvalue weighted by Gasteiger charge is -2.27. The van der Waals surface area contributed by atoms with E-state index >= 15 is 0 Å². The number of hydrogen-bond donors (Lipinski definition) is 2. The van der Waals surface area contributed by atoms with Crippen LogP contribution in [0.25, 0.3) is 10.1 Å². The van der Waals surface area contributed by atoms with Crippen molar-refractivity contribution in [1.29, 1.82) is 0 Å². The van der Waals surface area contributed by atoms with Crippen LogP contribution in [0.1, 0.15) is 29.4 Å². The van der Waals surface area contributed by atoms with Gasteiger partial charge in [0.2, 0.25) is 0 Å². The summed E-state index contributed by atoms with van der Waals surface area (Å²) in [5, 5.41) is 4.01. The molecule has 2 aromatic rings. The van der Waals surface area contributed by atoms with E-state index in [4.69, 9.17) is 10.5 Å². The van der Waals surface area contributed by atoms with Gasteiger partial charge in [-0.3, -0.25) is 4.79 Å². The molecular weight excluding hydrogens is 352 g/mol. The Labute approximate surface area is 135 Å². The Bertz CT molecular complexity index is 686. The average Bonchev–Trinajstić information content (AvgIpc) is 2.76. The fourth-order valence-corrected chi connectivity index (χ4v) is 4.01. The molecule has 1 amide bonds. The summed E-state index contributed by atoms with van der Waals surface area (Å²) >= 11 is 4.87. The first kappa shape index (κ1) is 14.8. The summed E-state index contributed by atoms with van der Waals surface area (Å²) in [5.41, 5.74) is 6.71. The van der Waals surface area contributed by atoms with Gasteiger partial charge in [-0.1, -0.05) is 15.9 Å². The second kappa shape index (κ2) is 5.94. The van der Waals surface area contributed by atoms with Crippen LogP contribution in [0.15, 0.2) is 22.7 Å². The number of benzene rings is 1. The zero-order chi connectivity index (χ0) is 15.0. The fourth-order valence-electron chi connectivity index (χ4n) is 2.64. The van der Waals surface area contributed by atoms with E-state index in [0.29, 0.717) is 17.2 Å². The lowest BCUT2D eigenvalue weighted by atomic mass is 10.0. The predicted octanol–water partition coefficient (Wildman–Crippen LogP) is 3.54. The molecule has 21 heavy (non-hydrogen) atoms. The van der Waals surface area contributed by atoms with Crippen LogP contribution in [0.4, 0.5) is 5.69 Å². The van der Waals surface area contributed by atoms with Crippen LogP contribution in [-0.2, 0) is 4.74 Å². The van der Waals surface area contributed by atoms with E-state index in [1.807, 2.05) is 25.1 Å². The number of hydrogen-bond acceptors (Lipinski definition) is 4. The van der Waals surface area contributed by atoms with Gasteiger partial charge in [0.15, 0.2) is 0 Å². The molecule has 1 aliphatic rings. The van der Waals surface area contributed by atoms with Crippen LogP contribution in [0.2, 0.25) is 0 Å². The number of carbonyl (C=O) groups is 1. The van der Waals surface area contributed by atoms with Gasteiger partial charge in [0.05, 0.1) is 11.8 Å². The highest BCUT2D eigenvalue weighted by atomic mass is 79.9. The summed E-state index contributed by atoms with van der Waals surface area (Å²) in [6.07, 6.45) is 1.90. The van der Waals surface area contributed by atoms with Gasteiger partial charge in [0.25, 0.3) is 5.91 Å². The molecule has 2 unspecified atom stereocenters. The number of nitrogen functional groups attached to an aromatic ring is 1. The Morgan fingerprint density at radius 3 is 3.10 bits per heavy atom. The standard InChI is InChI=1S/C15H17BrN2O2S/c1-8-6-10(4-5-20-8)18-15(19)14-13(17)11-7-9(16)2-3-12(11)21-14/h2-3,7-8,10H,4-6,17H2,1H3,(H,18,19). The summed E-state index contributed by atoms with van der Waals surface area (Å²) in [4.78, 5) is 13.1. The maximum atomic E-state index is 12.5. The van der Waals surface area contributed by atoms with Crippen LogP contribution in [0, 0.1) is 0 Å². The molecule has 1 saturated heterocycles. The van der Waals surface area contributed by atoms with Crippen LogP contribution in [0.3, 0.4) is 0 Å². The van der Waals surface area contributed by atoms with Crippen molar-refractivity contribution < 1.29 is 9.53 Å². The highest BCUT2D eigenvalue weighted by Gasteiger charge is 2.23. The van der Waals surface area contributed by atoms with E-state index < -0.39 is 0 Å². The first-order valence-electron chi connectivity index (χ1n) is 6.94. The number of amides is 1. The molecule has 1 fully saturated rings. The quantitative estimate of drug-likeness (QED) is 0.851. The van der Waals surface area contributed by atoms with Crippen molar-refractivity contribution in [3.63, 3.8) is 0 Å². The van der Waals surface area contributed by atoms with E-state index in [9.17, 15) is 4.79 Å². The van der Waals surface area contributed by atoms with E-state index in [2.05, 4.69) is 21.2 Å². The van der Waals surface area contributed by atoms with Crippen molar-refractivity contribution in [2.24, 2.45) is 0 Å². The fraction of sp³-hybridized carbons (Fsp3) is 0.400. The van der Waals surface area contributed by atoms with Gasteiger partial charge in [-0.15, -0.1) is 11.3 Å². The lowest BCUT2D eigenvalue weighted by molar-refractivity contribution is 0.0137. The van der Waals surface area contributed by atoms with E-state index in [0.717, 1.165) is 27.4 Å². The Morgan fingerprint density at radius 2 is 2.33 bits per heavy atom. The molecule has 1 aliphatic heterocycles. The number of ether oxygens (including phenoxy) is 1. The van der Waals surface area contributed by atoms with E-state index in [-0.39, 0.29) is 18.1 Å². The van der Waals surface area contributed by atoms with Crippen molar-refractivity contribution in [2.75, 3.05) is 12.3 Å². The lowest BCUT2D eigenvalue weighted by Crippen LogP contribution is -2.41. The molecule has 0 spiro atoms. The third kappa shape index (κ3) is 3.07. The van der Waals surface area contributed by atoms with Crippen molar-refractivity contribution in [1.82, 2.24) is 5.32 Å². The molecule has 2 heterocycles. The molecule has 0 radical (unpaired) electrons. The van der Waals surface area contributed by atoms with Gasteiger partial charge in [0.1, 0.15) is 4.88 Å². The molecule has 112 valence electrons. The van der Waals surface area contributed by atoms with Crippen molar-refractivity contribution in [2.45, 2.75) is 31.9 Å². The van der Waals surface area contributed by atoms with Crippen molar-refractivity contribution in [3.8, 4) is 0 Å². The van der Waals surface area contributed by atoms with Crippen LogP contribution in [0.5, 0.6) is 0 Å². The van der Waals surface area contributed by atoms with Gasteiger partial charge < -0.3 is 15.8 Å². The minimum Gasteiger partial charge on any atom is -0.397 e. The Kier molecular flexibility index (Phi) is 4.19. The molecule has 0 bridgehead atoms. The summed E-state index contributed by atoms with van der Waals surface area (Å²) in [5.74, 6) is -0.0797. The monoisotopic (exact) mass is 368 g/mol. The number of nitrogens with one attached hydrogen (secondary N) is 1. The van der Waals surface area contributed by atoms with E-state index in [1.54, 1.807) is 0 Å². The number of fused-ring (bicyclic) bond motifs is 1. The van der Waals surface area contributed by atoms with Gasteiger partial charge in [-0.2, -0.15) is 0 Å². The highest BCUT2D eigenvalue weighted by molar-refractivity contribution is 9.10. The Hall–Kier alpha value is -1.11. The largest absolute Gasteiger partial charge is 0.397 e. The first-order chi connectivity index (χ1) is 10.0. The second-order valence-corrected chi connectivity index (χ2v) is 7.33. The third-order valence-electron chi connectivity index (χ3n) is 3.72. The Morgan fingerprint density at radius 1 is 1.52 bits per heavy atom. The number of anilines is 1. The molecular formula is C15H17BrN2O2S. The normalized spacial score (nSPS) is 22.4. The molecule has 0 saturated carbocycles. The molecule has 3 N–H and O–H groups in total. The van der Waals surface area contributed by atoms with Crippen LogP contribution < -0.4 is 11.1 Å². The first-order valence-corrected chi connectivity index (χ1v) is 8.55. The van der Waals surface area contributed by atoms with E-state index in [1.165, 1.54) is 11.3 Å². The molecule has 0 aliphatic carbocycles. The van der Waals surface area contributed by atoms with Crippen molar-refractivity contribution in [3.05, 3.63) is 27.5 Å². The molecule has 6 heteroatoms. The van der Waals surface area contributed by atoms with Gasteiger partial charge in [-0.05, 0) is 38.0 Å². The minimum absolute atomic E-state index is 0.0797. The van der Waals surface area contributed by atoms with Crippen LogP contribution in [-0.4, -0.2) is 24.7 Å². The summed E-state index contributed by atoms with van der Waals surface area (Å²) in [6.45, 7) is 2.73. The number of nitrogens with two attached hydrogens (primary N) is 1. The molecule has 4 nitrogen and oxygen atoms in total. The third-order valence-corrected chi connectivity index (χ3v) is 5.39. The van der Waals surface area contributed by atoms with Gasteiger partial charge in [-0.25, -0.2) is 0 Å². The topological polar surface area (TPSA) is 64.4 Å². The smallest absolute Gasteiger partial charge is 0.263 e. The minimum atomic E-state index is -0.0797. The predicted molar refractivity (Wildman–Crippen MR) is 89.8 cm³/mol. The van der Waals surface area contributed by atoms with Crippen LogP contribution >= 0.6 is 27.3 Å².